The number of morpholine rings is 1. The molecule has 0 radical (unpaired) electrons. The van der Waals surface area contributed by atoms with E-state index in [1.165, 1.54) is 0 Å². The minimum Gasteiger partial charge on any atom is -0.484 e. The van der Waals surface area contributed by atoms with Crippen molar-refractivity contribution in [3.8, 4) is 5.75 Å². The third-order valence-corrected chi connectivity index (χ3v) is 4.61. The third kappa shape index (κ3) is 4.93. The van der Waals surface area contributed by atoms with Gasteiger partial charge >= 0.3 is 0 Å². The zero-order valence-corrected chi connectivity index (χ0v) is 14.5. The molecule has 0 saturated carbocycles. The molecular weight excluding hydrogens is 322 g/mol. The summed E-state index contributed by atoms with van der Waals surface area (Å²) in [5.41, 5.74) is 1.87. The molecule has 1 atom stereocenters. The number of aryl methyl sites for hydroxylation is 1. The monoisotopic (exact) mass is 347 g/mol. The second-order valence-electron chi connectivity index (χ2n) is 6.46. The van der Waals surface area contributed by atoms with Crippen molar-refractivity contribution in [3.05, 3.63) is 23.8 Å². The fourth-order valence-corrected chi connectivity index (χ4v) is 3.06. The molecule has 0 spiro atoms. The van der Waals surface area contributed by atoms with Crippen LogP contribution in [0.25, 0.3) is 0 Å². The van der Waals surface area contributed by atoms with Crippen LogP contribution in [-0.4, -0.2) is 62.2 Å². The Kier molecular flexibility index (Phi) is 5.88. The van der Waals surface area contributed by atoms with E-state index in [4.69, 9.17) is 9.47 Å². The summed E-state index contributed by atoms with van der Waals surface area (Å²) in [4.78, 5) is 25.7. The first-order valence-corrected chi connectivity index (χ1v) is 8.76. The van der Waals surface area contributed by atoms with Gasteiger partial charge in [-0.25, -0.2) is 0 Å². The largest absolute Gasteiger partial charge is 0.484 e. The molecule has 1 aromatic rings. The predicted molar refractivity (Wildman–Crippen MR) is 93.8 cm³/mol. The van der Waals surface area contributed by atoms with Crippen LogP contribution < -0.4 is 15.4 Å². The predicted octanol–water partition coefficient (Wildman–Crippen LogP) is 0.787. The lowest BCUT2D eigenvalue weighted by molar-refractivity contribution is -0.123. The molecule has 1 fully saturated rings. The van der Waals surface area contributed by atoms with E-state index in [-0.39, 0.29) is 24.5 Å². The van der Waals surface area contributed by atoms with Crippen molar-refractivity contribution in [3.63, 3.8) is 0 Å². The Morgan fingerprint density at radius 1 is 1.36 bits per heavy atom. The number of hydrogen-bond acceptors (Lipinski definition) is 5. The highest BCUT2D eigenvalue weighted by molar-refractivity contribution is 5.94. The van der Waals surface area contributed by atoms with Gasteiger partial charge in [-0.2, -0.15) is 0 Å². The van der Waals surface area contributed by atoms with Gasteiger partial charge in [0.2, 0.25) is 5.91 Å². The standard InChI is InChI=1S/C18H25N3O4/c1-13(21-6-8-24-9-7-21)11-19-18(23)12-25-15-3-4-16-14(10-15)2-5-17(22)20-16/h3-4,10,13H,2,5-9,11-12H2,1H3,(H,19,23)(H,20,22)/t13-/m0/s1. The van der Waals surface area contributed by atoms with E-state index in [0.717, 1.165) is 37.6 Å². The van der Waals surface area contributed by atoms with E-state index in [9.17, 15) is 9.59 Å². The van der Waals surface area contributed by atoms with Gasteiger partial charge in [0.15, 0.2) is 6.61 Å². The van der Waals surface area contributed by atoms with Gasteiger partial charge in [-0.15, -0.1) is 0 Å². The van der Waals surface area contributed by atoms with Gasteiger partial charge in [0, 0.05) is 37.8 Å². The van der Waals surface area contributed by atoms with Crippen LogP contribution in [0.15, 0.2) is 18.2 Å². The molecule has 1 aromatic carbocycles. The maximum Gasteiger partial charge on any atom is 0.257 e. The summed E-state index contributed by atoms with van der Waals surface area (Å²) in [6.07, 6.45) is 1.18. The molecule has 0 aliphatic carbocycles. The summed E-state index contributed by atoms with van der Waals surface area (Å²) < 4.78 is 10.9. The molecule has 136 valence electrons. The van der Waals surface area contributed by atoms with Crippen molar-refractivity contribution in [1.82, 2.24) is 10.2 Å². The minimum absolute atomic E-state index is 0.0129. The van der Waals surface area contributed by atoms with Gasteiger partial charge in [0.05, 0.1) is 13.2 Å². The molecule has 0 bridgehead atoms. The Morgan fingerprint density at radius 3 is 2.96 bits per heavy atom. The van der Waals surface area contributed by atoms with Crippen LogP contribution in [0.1, 0.15) is 18.9 Å². The van der Waals surface area contributed by atoms with E-state index >= 15 is 0 Å². The summed E-state index contributed by atoms with van der Waals surface area (Å²) in [6, 6.07) is 5.76. The van der Waals surface area contributed by atoms with Crippen molar-refractivity contribution >= 4 is 17.5 Å². The Labute approximate surface area is 147 Å². The maximum absolute atomic E-state index is 12.0. The first kappa shape index (κ1) is 17.7. The van der Waals surface area contributed by atoms with Gasteiger partial charge in [-0.3, -0.25) is 14.5 Å². The second-order valence-corrected chi connectivity index (χ2v) is 6.46. The van der Waals surface area contributed by atoms with Gasteiger partial charge in [-0.1, -0.05) is 0 Å². The zero-order valence-electron chi connectivity index (χ0n) is 14.5. The van der Waals surface area contributed by atoms with Crippen molar-refractivity contribution in [1.29, 1.82) is 0 Å². The van der Waals surface area contributed by atoms with Crippen LogP contribution in [0.2, 0.25) is 0 Å². The minimum atomic E-state index is -0.133. The number of carbonyl (C=O) groups is 2. The SMILES string of the molecule is C[C@@H](CNC(=O)COc1ccc2c(c1)CCC(=O)N2)N1CCOCC1. The highest BCUT2D eigenvalue weighted by atomic mass is 16.5. The average molecular weight is 347 g/mol. The molecule has 25 heavy (non-hydrogen) atoms. The Bertz CT molecular complexity index is 629. The van der Waals surface area contributed by atoms with Crippen molar-refractivity contribution in [2.45, 2.75) is 25.8 Å². The summed E-state index contributed by atoms with van der Waals surface area (Å²) in [5, 5.41) is 5.74. The zero-order chi connectivity index (χ0) is 17.6. The fraction of sp³-hybridized carbons (Fsp3) is 0.556. The molecule has 2 aliphatic heterocycles. The van der Waals surface area contributed by atoms with Crippen molar-refractivity contribution < 1.29 is 19.1 Å². The molecule has 7 nitrogen and oxygen atoms in total. The number of benzene rings is 1. The summed E-state index contributed by atoms with van der Waals surface area (Å²) in [5.74, 6) is 0.548. The van der Waals surface area contributed by atoms with Gasteiger partial charge in [0.1, 0.15) is 5.75 Å². The quantitative estimate of drug-likeness (QED) is 0.795. The number of amides is 2. The molecule has 7 heteroatoms. The lowest BCUT2D eigenvalue weighted by Gasteiger charge is -2.32. The van der Waals surface area contributed by atoms with Crippen LogP contribution in [0.4, 0.5) is 5.69 Å². The van der Waals surface area contributed by atoms with Crippen LogP contribution in [0.3, 0.4) is 0 Å². The second kappa shape index (κ2) is 8.31. The van der Waals surface area contributed by atoms with E-state index in [1.807, 2.05) is 12.1 Å². The van der Waals surface area contributed by atoms with E-state index in [1.54, 1.807) is 6.07 Å². The highest BCUT2D eigenvalue weighted by Gasteiger charge is 2.18. The lowest BCUT2D eigenvalue weighted by atomic mass is 10.0. The van der Waals surface area contributed by atoms with Crippen LogP contribution in [0.5, 0.6) is 5.75 Å². The Hall–Kier alpha value is -2.12. The normalized spacial score (nSPS) is 18.8. The van der Waals surface area contributed by atoms with E-state index < -0.39 is 0 Å². The molecule has 0 aromatic heterocycles. The topological polar surface area (TPSA) is 79.9 Å². The number of nitrogens with one attached hydrogen (secondary N) is 2. The number of rotatable bonds is 6. The fourth-order valence-electron chi connectivity index (χ4n) is 3.06. The lowest BCUT2D eigenvalue weighted by Crippen LogP contribution is -2.47. The molecule has 0 unspecified atom stereocenters. The molecule has 2 amide bonds. The average Bonchev–Trinajstić information content (AvgIpc) is 2.65. The molecular formula is C18H25N3O4. The van der Waals surface area contributed by atoms with Crippen molar-refractivity contribution in [2.24, 2.45) is 0 Å². The Morgan fingerprint density at radius 2 is 2.16 bits per heavy atom. The van der Waals surface area contributed by atoms with E-state index in [0.29, 0.717) is 25.1 Å². The smallest absolute Gasteiger partial charge is 0.257 e. The number of ether oxygens (including phenoxy) is 2. The summed E-state index contributed by atoms with van der Waals surface area (Å²) in [6.45, 7) is 5.99. The number of carbonyl (C=O) groups excluding carboxylic acids is 2. The van der Waals surface area contributed by atoms with Gasteiger partial charge in [0.25, 0.3) is 5.91 Å². The molecule has 2 heterocycles. The van der Waals surface area contributed by atoms with Crippen LogP contribution in [0, 0.1) is 0 Å². The molecule has 2 aliphatic rings. The number of anilines is 1. The third-order valence-electron chi connectivity index (χ3n) is 4.61. The first-order valence-electron chi connectivity index (χ1n) is 8.76. The summed E-state index contributed by atoms with van der Waals surface area (Å²) in [7, 11) is 0. The van der Waals surface area contributed by atoms with Crippen LogP contribution >= 0.6 is 0 Å². The summed E-state index contributed by atoms with van der Waals surface area (Å²) >= 11 is 0. The number of nitrogens with zero attached hydrogens (tertiary/aromatic N) is 1. The molecule has 2 N–H and O–H groups in total. The van der Waals surface area contributed by atoms with Gasteiger partial charge < -0.3 is 20.1 Å². The number of hydrogen-bond donors (Lipinski definition) is 2. The first-order chi connectivity index (χ1) is 12.1. The van der Waals surface area contributed by atoms with Crippen LogP contribution in [-0.2, 0) is 20.7 Å². The van der Waals surface area contributed by atoms with Gasteiger partial charge in [-0.05, 0) is 37.1 Å². The Balaban J connectivity index is 1.42. The highest BCUT2D eigenvalue weighted by Crippen LogP contribution is 2.26. The van der Waals surface area contributed by atoms with E-state index in [2.05, 4.69) is 22.5 Å². The number of fused-ring (bicyclic) bond motifs is 1. The maximum atomic E-state index is 12.0. The molecule has 3 rings (SSSR count). The van der Waals surface area contributed by atoms with Crippen molar-refractivity contribution in [2.75, 3.05) is 44.8 Å². The molecule has 1 saturated heterocycles.